The van der Waals surface area contributed by atoms with Crippen LogP contribution in [0.1, 0.15) is 35.6 Å². The number of benzene rings is 2. The fourth-order valence-corrected chi connectivity index (χ4v) is 4.80. The number of aliphatic hydroxyl groups excluding tert-OH is 2. The maximum absolute atomic E-state index is 13.4. The molecule has 11 heteroatoms. The number of hydrazine groups is 1. The Morgan fingerprint density at radius 3 is 2.17 bits per heavy atom. The molecule has 1 heterocycles. The van der Waals surface area contributed by atoms with Crippen LogP contribution in [-0.4, -0.2) is 62.6 Å². The van der Waals surface area contributed by atoms with E-state index in [1.54, 1.807) is 31.2 Å². The molecular formula is C24H30N2O9. The molecule has 4 rings (SSSR count). The molecule has 35 heavy (non-hydrogen) atoms. The van der Waals surface area contributed by atoms with Gasteiger partial charge in [0.05, 0.1) is 33.4 Å². The second-order valence-electron chi connectivity index (χ2n) is 8.23. The molecule has 0 spiro atoms. The van der Waals surface area contributed by atoms with Crippen molar-refractivity contribution in [1.29, 1.82) is 0 Å². The van der Waals surface area contributed by atoms with Crippen molar-refractivity contribution >= 4 is 5.97 Å². The van der Waals surface area contributed by atoms with Crippen molar-refractivity contribution in [3.05, 3.63) is 41.0 Å². The Morgan fingerprint density at radius 2 is 1.66 bits per heavy atom. The molecule has 0 saturated carbocycles. The Balaban J connectivity index is 1.96. The fraction of sp³-hybridized carbons (Fsp3) is 0.458. The lowest BCUT2D eigenvalue weighted by molar-refractivity contribution is -0.201. The number of methoxy groups -OCH3 is 3. The second-order valence-corrected chi connectivity index (χ2v) is 8.23. The number of nitrogens with zero attached hydrogens (tertiary/aromatic N) is 1. The molecule has 1 aliphatic heterocycles. The molecule has 0 fully saturated rings. The van der Waals surface area contributed by atoms with E-state index in [0.29, 0.717) is 45.4 Å². The topological polar surface area (TPSA) is 142 Å². The van der Waals surface area contributed by atoms with Gasteiger partial charge in [0, 0.05) is 25.0 Å². The van der Waals surface area contributed by atoms with Crippen molar-refractivity contribution in [2.45, 2.75) is 18.9 Å². The van der Waals surface area contributed by atoms with Gasteiger partial charge in [-0.15, -0.1) is 0 Å². The van der Waals surface area contributed by atoms with Gasteiger partial charge in [-0.25, -0.2) is 10.6 Å². The van der Waals surface area contributed by atoms with Crippen LogP contribution in [0.5, 0.6) is 28.7 Å². The Morgan fingerprint density at radius 1 is 1.06 bits per heavy atom. The lowest BCUT2D eigenvalue weighted by Crippen LogP contribution is -2.44. The average molecular weight is 491 g/mol. The third-order valence-electron chi connectivity index (χ3n) is 6.51. The van der Waals surface area contributed by atoms with Crippen LogP contribution in [0, 0.1) is 11.8 Å². The standard InChI is InChI=1S/C24H30N2O9/c1-5-26(25)35-24(29)21-15(10-27)22(28)14-9-17-16(33-11-34-17)8-13(14)20(21)12-6-18(30-2)23(32-4)19(7-12)31-3/h6-9,15,20-22,27-28H,5,10-11,25H2,1-4H3/t15-,20+,21-,22-/m0/s1. The van der Waals surface area contributed by atoms with E-state index in [9.17, 15) is 15.0 Å². The van der Waals surface area contributed by atoms with E-state index in [-0.39, 0.29) is 13.3 Å². The molecule has 2 aromatic rings. The van der Waals surface area contributed by atoms with E-state index in [2.05, 4.69) is 0 Å². The van der Waals surface area contributed by atoms with Crippen molar-refractivity contribution in [3.63, 3.8) is 0 Å². The van der Waals surface area contributed by atoms with Gasteiger partial charge in [0.1, 0.15) is 0 Å². The Hall–Kier alpha value is -3.25. The molecule has 4 N–H and O–H groups in total. The Labute approximate surface area is 202 Å². The quantitative estimate of drug-likeness (QED) is 0.366. The predicted octanol–water partition coefficient (Wildman–Crippen LogP) is 1.50. The molecule has 4 atom stereocenters. The summed E-state index contributed by atoms with van der Waals surface area (Å²) in [5.74, 6) is 4.58. The molecule has 11 nitrogen and oxygen atoms in total. The first kappa shape index (κ1) is 24.9. The van der Waals surface area contributed by atoms with Crippen LogP contribution in [0.2, 0.25) is 0 Å². The third-order valence-corrected chi connectivity index (χ3v) is 6.51. The molecule has 0 radical (unpaired) electrons. The van der Waals surface area contributed by atoms with Gasteiger partial charge < -0.3 is 38.7 Å². The minimum absolute atomic E-state index is 0.0384. The summed E-state index contributed by atoms with van der Waals surface area (Å²) in [4.78, 5) is 18.8. The van der Waals surface area contributed by atoms with Crippen molar-refractivity contribution in [3.8, 4) is 28.7 Å². The van der Waals surface area contributed by atoms with E-state index in [1.807, 2.05) is 0 Å². The highest BCUT2D eigenvalue weighted by atomic mass is 16.7. The van der Waals surface area contributed by atoms with Crippen LogP contribution in [0.3, 0.4) is 0 Å². The average Bonchev–Trinajstić information content (AvgIpc) is 3.34. The van der Waals surface area contributed by atoms with E-state index >= 15 is 0 Å². The van der Waals surface area contributed by atoms with E-state index in [0.717, 1.165) is 5.17 Å². The van der Waals surface area contributed by atoms with Crippen LogP contribution in [0.4, 0.5) is 0 Å². The van der Waals surface area contributed by atoms with Gasteiger partial charge in [0.25, 0.3) is 0 Å². The summed E-state index contributed by atoms with van der Waals surface area (Å²) in [6.07, 6.45) is -1.17. The summed E-state index contributed by atoms with van der Waals surface area (Å²) in [6, 6.07) is 6.88. The summed E-state index contributed by atoms with van der Waals surface area (Å²) in [7, 11) is 4.48. The number of ether oxygens (including phenoxy) is 5. The first-order chi connectivity index (χ1) is 16.9. The number of rotatable bonds is 8. The Kier molecular flexibility index (Phi) is 7.22. The Bertz CT molecular complexity index is 1070. The number of hydroxylamine groups is 1. The highest BCUT2D eigenvalue weighted by Gasteiger charge is 2.49. The maximum Gasteiger partial charge on any atom is 0.331 e. The summed E-state index contributed by atoms with van der Waals surface area (Å²) in [6.45, 7) is 1.53. The number of hydrogen-bond donors (Lipinski definition) is 3. The van der Waals surface area contributed by atoms with E-state index in [1.165, 1.54) is 21.3 Å². The van der Waals surface area contributed by atoms with Crippen molar-refractivity contribution in [2.75, 3.05) is 41.3 Å². The van der Waals surface area contributed by atoms with Gasteiger partial charge in [-0.2, -0.15) is 0 Å². The van der Waals surface area contributed by atoms with Gasteiger partial charge >= 0.3 is 5.97 Å². The second kappa shape index (κ2) is 10.2. The largest absolute Gasteiger partial charge is 0.493 e. The van der Waals surface area contributed by atoms with Crippen molar-refractivity contribution < 1.29 is 43.5 Å². The molecule has 0 saturated heterocycles. The van der Waals surface area contributed by atoms with Crippen molar-refractivity contribution in [1.82, 2.24) is 5.17 Å². The van der Waals surface area contributed by atoms with E-state index < -0.39 is 36.4 Å². The number of aliphatic hydroxyl groups is 2. The number of hydrogen-bond acceptors (Lipinski definition) is 11. The fourth-order valence-electron chi connectivity index (χ4n) is 4.80. The van der Waals surface area contributed by atoms with Crippen LogP contribution in [-0.2, 0) is 9.63 Å². The van der Waals surface area contributed by atoms with Crippen LogP contribution >= 0.6 is 0 Å². The normalized spacial score (nSPS) is 22.5. The summed E-state index contributed by atoms with van der Waals surface area (Å²) in [5.41, 5.74) is 1.74. The highest BCUT2D eigenvalue weighted by molar-refractivity contribution is 5.77. The number of nitrogens with two attached hydrogens (primary N) is 1. The minimum Gasteiger partial charge on any atom is -0.493 e. The van der Waals surface area contributed by atoms with Gasteiger partial charge in [-0.3, -0.25) is 0 Å². The predicted molar refractivity (Wildman–Crippen MR) is 122 cm³/mol. The molecule has 0 aromatic heterocycles. The number of carbonyl (C=O) groups is 1. The maximum atomic E-state index is 13.4. The smallest absolute Gasteiger partial charge is 0.331 e. The van der Waals surface area contributed by atoms with Crippen LogP contribution < -0.4 is 29.5 Å². The third kappa shape index (κ3) is 4.31. The van der Waals surface area contributed by atoms with Crippen LogP contribution in [0.25, 0.3) is 0 Å². The monoisotopic (exact) mass is 490 g/mol. The van der Waals surface area contributed by atoms with Gasteiger partial charge in [0.15, 0.2) is 23.0 Å². The van der Waals surface area contributed by atoms with Gasteiger partial charge in [-0.05, 0) is 47.9 Å². The lowest BCUT2D eigenvalue weighted by atomic mass is 9.65. The zero-order valence-electron chi connectivity index (χ0n) is 20.0. The summed E-state index contributed by atoms with van der Waals surface area (Å²) in [5, 5.41) is 22.4. The summed E-state index contributed by atoms with van der Waals surface area (Å²) < 4.78 is 27.6. The van der Waals surface area contributed by atoms with E-state index in [4.69, 9.17) is 34.4 Å². The number of carbonyl (C=O) groups excluding carboxylic acids is 1. The summed E-state index contributed by atoms with van der Waals surface area (Å²) >= 11 is 0. The molecule has 1 aliphatic carbocycles. The van der Waals surface area contributed by atoms with Crippen molar-refractivity contribution in [2.24, 2.45) is 17.7 Å². The van der Waals surface area contributed by atoms with Gasteiger partial charge in [-0.1, -0.05) is 5.17 Å². The zero-order chi connectivity index (χ0) is 25.3. The molecule has 2 aliphatic rings. The first-order valence-corrected chi connectivity index (χ1v) is 11.1. The molecule has 0 bridgehead atoms. The highest BCUT2D eigenvalue weighted by Crippen LogP contribution is 2.53. The molecule has 0 unspecified atom stereocenters. The SMILES string of the molecule is CCN(N)OC(=O)[C@@H]1[C@H](c2cc(OC)c(OC)c(OC)c2)c2cc3c(cc2[C@H](O)[C@H]1CO)OCO3. The van der Waals surface area contributed by atoms with Crippen LogP contribution in [0.15, 0.2) is 24.3 Å². The number of fused-ring (bicyclic) bond motifs is 2. The molecular weight excluding hydrogens is 460 g/mol. The zero-order valence-corrected chi connectivity index (χ0v) is 20.0. The minimum atomic E-state index is -1.17. The molecule has 0 amide bonds. The lowest BCUT2D eigenvalue weighted by Gasteiger charge is -2.41. The van der Waals surface area contributed by atoms with Gasteiger partial charge in [0.2, 0.25) is 12.5 Å². The molecule has 190 valence electrons. The first-order valence-electron chi connectivity index (χ1n) is 11.1. The molecule has 2 aromatic carbocycles.